The average molecular weight is 564 g/mol. The summed E-state index contributed by atoms with van der Waals surface area (Å²) in [5, 5.41) is 6.33. The second kappa shape index (κ2) is 12.9. The van der Waals surface area contributed by atoms with Gasteiger partial charge in [-0.2, -0.15) is 0 Å². The van der Waals surface area contributed by atoms with Gasteiger partial charge in [-0.15, -0.1) is 24.0 Å². The van der Waals surface area contributed by atoms with Crippen molar-refractivity contribution in [2.24, 2.45) is 12.0 Å². The van der Waals surface area contributed by atoms with Gasteiger partial charge in [-0.05, 0) is 45.4 Å². The minimum absolute atomic E-state index is 0. The van der Waals surface area contributed by atoms with Crippen LogP contribution in [0, 0.1) is 6.92 Å². The Balaban J connectivity index is 0.00000480. The van der Waals surface area contributed by atoms with Crippen LogP contribution in [0.3, 0.4) is 0 Å². The number of sulfonamides is 1. The molecule has 8 nitrogen and oxygen atoms in total. The highest BCUT2D eigenvalue weighted by Gasteiger charge is 2.14. The molecule has 0 spiro atoms. The van der Waals surface area contributed by atoms with Crippen LogP contribution in [0.25, 0.3) is 0 Å². The second-order valence-electron chi connectivity index (χ2n) is 7.31. The van der Waals surface area contributed by atoms with E-state index in [0.717, 1.165) is 16.9 Å². The fraction of sp³-hybridized carbons (Fsp3) is 0.476. The van der Waals surface area contributed by atoms with Crippen LogP contribution in [-0.2, 0) is 23.6 Å². The maximum absolute atomic E-state index is 12.3. The molecule has 0 saturated heterocycles. The number of nitrogens with one attached hydrogen (secondary N) is 3. The molecule has 2 aromatic rings. The first-order valence-electron chi connectivity index (χ1n) is 10.1. The Hall–Kier alpha value is -1.79. The van der Waals surface area contributed by atoms with Gasteiger partial charge in [-0.3, -0.25) is 0 Å². The monoisotopic (exact) mass is 563 g/mol. The summed E-state index contributed by atoms with van der Waals surface area (Å²) >= 11 is 0. The smallest absolute Gasteiger partial charge is 0.242 e. The van der Waals surface area contributed by atoms with Crippen molar-refractivity contribution in [1.82, 2.24) is 19.9 Å². The number of hydrogen-bond donors (Lipinski definition) is 3. The third-order valence-corrected chi connectivity index (χ3v) is 5.61. The molecule has 0 aliphatic rings. The summed E-state index contributed by atoms with van der Waals surface area (Å²) in [5.41, 5.74) is 2.13. The highest BCUT2D eigenvalue weighted by Crippen LogP contribution is 2.22. The minimum atomic E-state index is -3.51. The Kier molecular flexibility index (Phi) is 11.4. The van der Waals surface area contributed by atoms with Crippen molar-refractivity contribution in [3.63, 3.8) is 0 Å². The van der Waals surface area contributed by atoms with E-state index in [1.165, 1.54) is 0 Å². The molecule has 1 aromatic carbocycles. The van der Waals surface area contributed by atoms with Gasteiger partial charge in [0.05, 0.1) is 17.5 Å². The Morgan fingerprint density at radius 3 is 2.55 bits per heavy atom. The van der Waals surface area contributed by atoms with Gasteiger partial charge in [-0.25, -0.2) is 18.1 Å². The standard InChI is InChI=1S/C21H33N5O3S.HI/c1-6-22-21(23-10-11-25-30(27,28)19-9-12-26(5)15-19)24-14-18-8-7-17(4)13-20(18)29-16(2)3;/h7-9,12-13,15-16,25H,6,10-11,14H2,1-5H3,(H2,22,23,24);1H. The number of hydrogen-bond acceptors (Lipinski definition) is 4. The highest BCUT2D eigenvalue weighted by atomic mass is 127. The zero-order chi connectivity index (χ0) is 22.1. The molecular formula is C21H34IN5O3S. The molecule has 2 rings (SSSR count). The summed E-state index contributed by atoms with van der Waals surface area (Å²) in [7, 11) is -1.73. The summed E-state index contributed by atoms with van der Waals surface area (Å²) in [6, 6.07) is 7.65. The lowest BCUT2D eigenvalue weighted by molar-refractivity contribution is 0.240. The SMILES string of the molecule is CCNC(=NCc1ccc(C)cc1OC(C)C)NCCNS(=O)(=O)c1ccn(C)c1.I. The Morgan fingerprint density at radius 1 is 1.19 bits per heavy atom. The number of nitrogens with zero attached hydrogens (tertiary/aromatic N) is 2. The van der Waals surface area contributed by atoms with Crippen molar-refractivity contribution in [1.29, 1.82) is 0 Å². The number of ether oxygens (including phenoxy) is 1. The largest absolute Gasteiger partial charge is 0.491 e. The van der Waals surface area contributed by atoms with Gasteiger partial charge in [0.2, 0.25) is 10.0 Å². The van der Waals surface area contributed by atoms with Gasteiger partial charge >= 0.3 is 0 Å². The molecule has 10 heteroatoms. The van der Waals surface area contributed by atoms with E-state index in [2.05, 4.69) is 20.3 Å². The van der Waals surface area contributed by atoms with Crippen LogP contribution in [0.15, 0.2) is 46.5 Å². The lowest BCUT2D eigenvalue weighted by atomic mass is 10.1. The maximum atomic E-state index is 12.3. The Labute approximate surface area is 202 Å². The molecule has 3 N–H and O–H groups in total. The molecule has 174 valence electrons. The highest BCUT2D eigenvalue weighted by molar-refractivity contribution is 14.0. The number of rotatable bonds is 10. The van der Waals surface area contributed by atoms with E-state index in [9.17, 15) is 8.42 Å². The Morgan fingerprint density at radius 2 is 1.94 bits per heavy atom. The lowest BCUT2D eigenvalue weighted by Gasteiger charge is -2.15. The molecule has 0 radical (unpaired) electrons. The maximum Gasteiger partial charge on any atom is 0.242 e. The summed E-state index contributed by atoms with van der Waals surface area (Å²) < 4.78 is 34.7. The number of aromatic nitrogens is 1. The van der Waals surface area contributed by atoms with Crippen LogP contribution < -0.4 is 20.1 Å². The van der Waals surface area contributed by atoms with Crippen LogP contribution in [-0.4, -0.2) is 44.7 Å². The minimum Gasteiger partial charge on any atom is -0.491 e. The fourth-order valence-corrected chi connectivity index (χ4v) is 3.83. The molecule has 0 aliphatic heterocycles. The van der Waals surface area contributed by atoms with Crippen LogP contribution in [0.5, 0.6) is 5.75 Å². The first kappa shape index (κ1) is 27.2. The van der Waals surface area contributed by atoms with E-state index >= 15 is 0 Å². The van der Waals surface area contributed by atoms with Crippen molar-refractivity contribution < 1.29 is 13.2 Å². The fourth-order valence-electron chi connectivity index (χ4n) is 2.75. The van der Waals surface area contributed by atoms with Crippen molar-refractivity contribution in [3.05, 3.63) is 47.8 Å². The molecule has 31 heavy (non-hydrogen) atoms. The normalized spacial score (nSPS) is 11.9. The van der Waals surface area contributed by atoms with Crippen molar-refractivity contribution in [2.75, 3.05) is 19.6 Å². The first-order chi connectivity index (χ1) is 14.2. The van der Waals surface area contributed by atoms with E-state index < -0.39 is 10.0 Å². The summed E-state index contributed by atoms with van der Waals surface area (Å²) in [6.07, 6.45) is 3.35. The second-order valence-corrected chi connectivity index (χ2v) is 9.08. The number of aliphatic imine (C=N–C) groups is 1. The topological polar surface area (TPSA) is 96.8 Å². The van der Waals surface area contributed by atoms with E-state index in [1.807, 2.05) is 45.9 Å². The molecule has 1 heterocycles. The number of aryl methyl sites for hydroxylation is 2. The van der Waals surface area contributed by atoms with Crippen LogP contribution in [0.4, 0.5) is 0 Å². The molecular weight excluding hydrogens is 529 g/mol. The average Bonchev–Trinajstić information content (AvgIpc) is 3.11. The van der Waals surface area contributed by atoms with Gasteiger partial charge in [-0.1, -0.05) is 12.1 Å². The van der Waals surface area contributed by atoms with E-state index in [-0.39, 0.29) is 41.5 Å². The third-order valence-electron chi connectivity index (χ3n) is 4.16. The predicted octanol–water partition coefficient (Wildman–Crippen LogP) is 2.77. The van der Waals surface area contributed by atoms with Crippen molar-refractivity contribution in [2.45, 2.75) is 45.2 Å². The van der Waals surface area contributed by atoms with E-state index in [0.29, 0.717) is 25.6 Å². The molecule has 0 fully saturated rings. The van der Waals surface area contributed by atoms with Gasteiger partial charge < -0.3 is 19.9 Å². The molecule has 1 aromatic heterocycles. The molecule has 0 bridgehead atoms. The van der Waals surface area contributed by atoms with Gasteiger partial charge in [0.1, 0.15) is 5.75 Å². The Bertz CT molecular complexity index is 958. The van der Waals surface area contributed by atoms with Crippen LogP contribution in [0.2, 0.25) is 0 Å². The van der Waals surface area contributed by atoms with E-state index in [4.69, 9.17) is 4.74 Å². The quantitative estimate of drug-likeness (QED) is 0.179. The van der Waals surface area contributed by atoms with Crippen molar-refractivity contribution in [3.8, 4) is 5.75 Å². The predicted molar refractivity (Wildman–Crippen MR) is 136 cm³/mol. The molecule has 0 unspecified atom stereocenters. The summed E-state index contributed by atoms with van der Waals surface area (Å²) in [4.78, 5) is 4.86. The van der Waals surface area contributed by atoms with Crippen LogP contribution >= 0.6 is 24.0 Å². The lowest BCUT2D eigenvalue weighted by Crippen LogP contribution is -2.41. The molecule has 0 aliphatic carbocycles. The summed E-state index contributed by atoms with van der Waals surface area (Å²) in [6.45, 7) is 9.80. The third kappa shape index (κ3) is 9.08. The summed E-state index contributed by atoms with van der Waals surface area (Å²) in [5.74, 6) is 1.45. The number of guanidine groups is 1. The van der Waals surface area contributed by atoms with Crippen molar-refractivity contribution >= 4 is 40.0 Å². The number of halogens is 1. The number of benzene rings is 1. The van der Waals surface area contributed by atoms with Gasteiger partial charge in [0.25, 0.3) is 0 Å². The zero-order valence-electron chi connectivity index (χ0n) is 18.8. The van der Waals surface area contributed by atoms with E-state index in [1.54, 1.807) is 30.1 Å². The zero-order valence-corrected chi connectivity index (χ0v) is 22.0. The molecule has 0 atom stereocenters. The van der Waals surface area contributed by atoms with Gasteiger partial charge in [0, 0.05) is 44.6 Å². The van der Waals surface area contributed by atoms with Gasteiger partial charge in [0.15, 0.2) is 5.96 Å². The molecule has 0 saturated carbocycles. The van der Waals surface area contributed by atoms with Crippen LogP contribution in [0.1, 0.15) is 31.9 Å². The first-order valence-corrected chi connectivity index (χ1v) is 11.6. The molecule has 0 amide bonds.